The molecule has 0 radical (unpaired) electrons. The van der Waals surface area contributed by atoms with Gasteiger partial charge in [-0.15, -0.1) is 0 Å². The highest BCUT2D eigenvalue weighted by atomic mass is 28.3. The van der Waals surface area contributed by atoms with Crippen LogP contribution in [-0.2, 0) is 34.1 Å². The second kappa shape index (κ2) is 12.2. The molecule has 0 aliphatic heterocycles. The van der Waals surface area contributed by atoms with Gasteiger partial charge >= 0.3 is 11.8 Å². The number of hydrogen-bond donors (Lipinski definition) is 2. The smallest absolute Gasteiger partial charge is 0.314 e. The SMILES string of the molecule is Cc1ccc(CN(Cc2ccccn2)C(=O)C(=O)Nc2cnc(N)c3cnn(COCC[Si](C)(C)C)c23)cc1. The summed E-state index contributed by atoms with van der Waals surface area (Å²) in [6, 6.07) is 14.3. The van der Waals surface area contributed by atoms with E-state index in [1.165, 1.54) is 11.1 Å². The summed E-state index contributed by atoms with van der Waals surface area (Å²) in [6.07, 6.45) is 4.68. The van der Waals surface area contributed by atoms with E-state index in [1.807, 2.05) is 43.3 Å². The molecular weight excluding hydrogens is 510 g/mol. The monoisotopic (exact) mass is 545 g/mol. The van der Waals surface area contributed by atoms with Crippen LogP contribution in [-0.4, -0.2) is 51.1 Å². The molecule has 3 aromatic heterocycles. The predicted molar refractivity (Wildman–Crippen MR) is 154 cm³/mol. The van der Waals surface area contributed by atoms with E-state index >= 15 is 0 Å². The first-order valence-electron chi connectivity index (χ1n) is 12.8. The molecule has 4 rings (SSSR count). The number of nitrogen functional groups attached to an aromatic ring is 1. The Morgan fingerprint density at radius 2 is 1.82 bits per heavy atom. The van der Waals surface area contributed by atoms with E-state index < -0.39 is 19.9 Å². The summed E-state index contributed by atoms with van der Waals surface area (Å²) in [5, 5.41) is 7.69. The number of rotatable bonds is 10. The number of pyridine rings is 2. The van der Waals surface area contributed by atoms with Crippen LogP contribution in [0.3, 0.4) is 0 Å². The van der Waals surface area contributed by atoms with Gasteiger partial charge in [0.25, 0.3) is 0 Å². The molecule has 3 heterocycles. The summed E-state index contributed by atoms with van der Waals surface area (Å²) in [5.74, 6) is -1.21. The number of amides is 2. The number of fused-ring (bicyclic) bond motifs is 1. The van der Waals surface area contributed by atoms with Gasteiger partial charge < -0.3 is 20.7 Å². The fourth-order valence-corrected chi connectivity index (χ4v) is 4.72. The number of nitrogens with zero attached hydrogens (tertiary/aromatic N) is 5. The lowest BCUT2D eigenvalue weighted by Crippen LogP contribution is -2.39. The number of aryl methyl sites for hydroxylation is 1. The number of aromatic nitrogens is 4. The van der Waals surface area contributed by atoms with Gasteiger partial charge in [-0.25, -0.2) is 9.67 Å². The zero-order valence-electron chi connectivity index (χ0n) is 22.8. The number of benzene rings is 1. The summed E-state index contributed by atoms with van der Waals surface area (Å²) in [4.78, 5) is 36.7. The first-order valence-corrected chi connectivity index (χ1v) is 16.5. The van der Waals surface area contributed by atoms with Gasteiger partial charge in [0, 0.05) is 27.4 Å². The van der Waals surface area contributed by atoms with Crippen molar-refractivity contribution >= 4 is 42.3 Å². The fourth-order valence-electron chi connectivity index (χ4n) is 3.96. The highest BCUT2D eigenvalue weighted by molar-refractivity contribution is 6.76. The molecule has 0 saturated heterocycles. The molecule has 0 aliphatic carbocycles. The van der Waals surface area contributed by atoms with Gasteiger partial charge in [-0.2, -0.15) is 5.10 Å². The summed E-state index contributed by atoms with van der Waals surface area (Å²) in [7, 11) is -1.25. The molecule has 0 atom stereocenters. The molecule has 0 bridgehead atoms. The highest BCUT2D eigenvalue weighted by Crippen LogP contribution is 2.27. The van der Waals surface area contributed by atoms with Crippen molar-refractivity contribution in [3.63, 3.8) is 0 Å². The topological polar surface area (TPSA) is 128 Å². The van der Waals surface area contributed by atoms with Crippen LogP contribution in [0.1, 0.15) is 16.8 Å². The van der Waals surface area contributed by atoms with Crippen molar-refractivity contribution in [2.24, 2.45) is 0 Å². The Balaban J connectivity index is 1.55. The van der Waals surface area contributed by atoms with E-state index in [2.05, 4.69) is 40.0 Å². The summed E-state index contributed by atoms with van der Waals surface area (Å²) < 4.78 is 7.49. The summed E-state index contributed by atoms with van der Waals surface area (Å²) >= 11 is 0. The van der Waals surface area contributed by atoms with Crippen LogP contribution >= 0.6 is 0 Å². The van der Waals surface area contributed by atoms with Crippen LogP contribution in [0.15, 0.2) is 61.1 Å². The van der Waals surface area contributed by atoms with E-state index in [0.717, 1.165) is 17.2 Å². The van der Waals surface area contributed by atoms with E-state index in [0.29, 0.717) is 28.9 Å². The lowest BCUT2D eigenvalue weighted by Gasteiger charge is -2.22. The molecule has 10 nitrogen and oxygen atoms in total. The Morgan fingerprint density at radius 1 is 1.05 bits per heavy atom. The van der Waals surface area contributed by atoms with Gasteiger partial charge in [0.2, 0.25) is 0 Å². The molecule has 39 heavy (non-hydrogen) atoms. The molecule has 4 aromatic rings. The predicted octanol–water partition coefficient (Wildman–Crippen LogP) is 4.20. The van der Waals surface area contributed by atoms with Crippen LogP contribution < -0.4 is 11.1 Å². The molecule has 3 N–H and O–H groups in total. The average molecular weight is 546 g/mol. The molecule has 204 valence electrons. The number of carbonyl (C=O) groups excluding carboxylic acids is 2. The Hall–Kier alpha value is -4.09. The molecular formula is C28H35N7O3Si. The number of hydrogen-bond acceptors (Lipinski definition) is 7. The zero-order chi connectivity index (χ0) is 28.0. The Bertz CT molecular complexity index is 1430. The number of ether oxygens (including phenoxy) is 1. The van der Waals surface area contributed by atoms with E-state index in [-0.39, 0.29) is 25.6 Å². The van der Waals surface area contributed by atoms with Crippen molar-refractivity contribution in [2.45, 2.75) is 52.4 Å². The number of nitrogens with two attached hydrogens (primary N) is 1. The minimum atomic E-state index is -1.25. The van der Waals surface area contributed by atoms with E-state index in [9.17, 15) is 9.59 Å². The minimum absolute atomic E-state index is 0.180. The molecule has 0 fully saturated rings. The second-order valence-corrected chi connectivity index (χ2v) is 16.4. The molecule has 0 unspecified atom stereocenters. The number of nitrogens with one attached hydrogen (secondary N) is 1. The van der Waals surface area contributed by atoms with Gasteiger partial charge in [0.15, 0.2) is 0 Å². The summed E-state index contributed by atoms with van der Waals surface area (Å²) in [6.45, 7) is 10.1. The van der Waals surface area contributed by atoms with Gasteiger partial charge in [-0.1, -0.05) is 55.5 Å². The lowest BCUT2D eigenvalue weighted by atomic mass is 10.1. The normalized spacial score (nSPS) is 11.5. The van der Waals surface area contributed by atoms with Crippen molar-refractivity contribution in [2.75, 3.05) is 17.7 Å². The summed E-state index contributed by atoms with van der Waals surface area (Å²) in [5.41, 5.74) is 9.65. The van der Waals surface area contributed by atoms with Crippen molar-refractivity contribution < 1.29 is 14.3 Å². The third-order valence-corrected chi connectivity index (χ3v) is 7.92. The van der Waals surface area contributed by atoms with Crippen molar-refractivity contribution in [3.05, 3.63) is 77.9 Å². The van der Waals surface area contributed by atoms with E-state index in [4.69, 9.17) is 10.5 Å². The second-order valence-electron chi connectivity index (χ2n) is 10.7. The third kappa shape index (κ3) is 7.49. The molecule has 0 saturated carbocycles. The van der Waals surface area contributed by atoms with Crippen molar-refractivity contribution in [1.82, 2.24) is 24.6 Å². The van der Waals surface area contributed by atoms with Crippen LogP contribution in [0.25, 0.3) is 10.9 Å². The van der Waals surface area contributed by atoms with Gasteiger partial charge in [0.05, 0.1) is 41.2 Å². The lowest BCUT2D eigenvalue weighted by molar-refractivity contribution is -0.144. The molecule has 0 aliphatic rings. The first-order chi connectivity index (χ1) is 18.6. The largest absolute Gasteiger partial charge is 0.383 e. The Labute approximate surface area is 229 Å². The number of carbonyl (C=O) groups is 2. The molecule has 2 amide bonds. The van der Waals surface area contributed by atoms with Crippen molar-refractivity contribution in [1.29, 1.82) is 0 Å². The Kier molecular flexibility index (Phi) is 8.72. The molecule has 0 spiro atoms. The van der Waals surface area contributed by atoms with Gasteiger partial charge in [-0.3, -0.25) is 14.6 Å². The maximum Gasteiger partial charge on any atom is 0.314 e. The Morgan fingerprint density at radius 3 is 2.51 bits per heavy atom. The van der Waals surface area contributed by atoms with Crippen LogP contribution in [0.2, 0.25) is 25.7 Å². The average Bonchev–Trinajstić information content (AvgIpc) is 3.34. The molecule has 1 aromatic carbocycles. The van der Waals surface area contributed by atoms with E-state index in [1.54, 1.807) is 23.1 Å². The fraction of sp³-hybridized carbons (Fsp3) is 0.321. The first kappa shape index (κ1) is 27.9. The van der Waals surface area contributed by atoms with Crippen LogP contribution in [0.5, 0.6) is 0 Å². The maximum absolute atomic E-state index is 13.5. The van der Waals surface area contributed by atoms with Crippen molar-refractivity contribution in [3.8, 4) is 0 Å². The zero-order valence-corrected chi connectivity index (χ0v) is 23.8. The quantitative estimate of drug-likeness (QED) is 0.174. The van der Waals surface area contributed by atoms with Crippen LogP contribution in [0, 0.1) is 6.92 Å². The van der Waals surface area contributed by atoms with Gasteiger partial charge in [-0.05, 0) is 30.7 Å². The third-order valence-electron chi connectivity index (χ3n) is 6.22. The molecule has 11 heteroatoms. The highest BCUT2D eigenvalue weighted by Gasteiger charge is 2.25. The van der Waals surface area contributed by atoms with Crippen LogP contribution in [0.4, 0.5) is 11.5 Å². The minimum Gasteiger partial charge on any atom is -0.383 e. The standard InChI is InChI=1S/C28H35N7O3Si/c1-20-8-10-21(11-9-20)17-34(18-22-7-5-6-12-30-22)28(37)27(36)33-24-16-31-26(29)23-15-32-35(25(23)24)19-38-13-14-39(2,3)4/h5-12,15-16H,13-14,17-19H2,1-4H3,(H2,29,31)(H,33,36). The van der Waals surface area contributed by atoms with Gasteiger partial charge in [0.1, 0.15) is 12.5 Å². The maximum atomic E-state index is 13.5. The number of anilines is 2.